The summed E-state index contributed by atoms with van der Waals surface area (Å²) in [6, 6.07) is 4.51. The molecule has 0 radical (unpaired) electrons. The Morgan fingerprint density at radius 3 is 2.70 bits per heavy atom. The van der Waals surface area contributed by atoms with E-state index in [1.165, 1.54) is 37.0 Å². The summed E-state index contributed by atoms with van der Waals surface area (Å²) < 4.78 is 0. The van der Waals surface area contributed by atoms with E-state index in [1.807, 2.05) is 0 Å². The lowest BCUT2D eigenvalue weighted by molar-refractivity contribution is -0.124. The van der Waals surface area contributed by atoms with Crippen LogP contribution in [0, 0.1) is 5.92 Å². The molecule has 1 saturated heterocycles. The van der Waals surface area contributed by atoms with Crippen LogP contribution in [0.2, 0.25) is 0 Å². The zero-order valence-electron chi connectivity index (χ0n) is 11.9. The second-order valence-corrected chi connectivity index (χ2v) is 7.03. The number of hydrogen-bond donors (Lipinski definition) is 2. The molecule has 20 heavy (non-hydrogen) atoms. The summed E-state index contributed by atoms with van der Waals surface area (Å²) in [6.07, 6.45) is 8.46. The molecular weight excluding hydrogens is 268 g/mol. The van der Waals surface area contributed by atoms with Gasteiger partial charge in [-0.05, 0) is 49.6 Å². The maximum absolute atomic E-state index is 12.5. The zero-order valence-corrected chi connectivity index (χ0v) is 12.8. The Morgan fingerprint density at radius 1 is 1.25 bits per heavy atom. The first-order valence-electron chi connectivity index (χ1n) is 7.92. The molecule has 4 heteroatoms. The van der Waals surface area contributed by atoms with Gasteiger partial charge in [0.25, 0.3) is 0 Å². The Labute approximate surface area is 125 Å². The average molecular weight is 292 g/mol. The SMILES string of the molecule is O=C(NC(c1cccs1)C1CCCC1)C1CCCCN1. The Morgan fingerprint density at radius 2 is 2.05 bits per heavy atom. The molecule has 1 aromatic heterocycles. The first-order valence-corrected chi connectivity index (χ1v) is 8.80. The van der Waals surface area contributed by atoms with Crippen molar-refractivity contribution in [3.63, 3.8) is 0 Å². The van der Waals surface area contributed by atoms with E-state index in [4.69, 9.17) is 0 Å². The van der Waals surface area contributed by atoms with Crippen molar-refractivity contribution >= 4 is 17.2 Å². The maximum atomic E-state index is 12.5. The van der Waals surface area contributed by atoms with Crippen molar-refractivity contribution in [3.8, 4) is 0 Å². The molecule has 2 atom stereocenters. The monoisotopic (exact) mass is 292 g/mol. The van der Waals surface area contributed by atoms with Crippen LogP contribution in [0.3, 0.4) is 0 Å². The number of piperidine rings is 1. The predicted molar refractivity (Wildman–Crippen MR) is 82.8 cm³/mol. The quantitative estimate of drug-likeness (QED) is 0.894. The Kier molecular flexibility index (Phi) is 4.73. The fourth-order valence-electron chi connectivity index (χ4n) is 3.51. The third-order valence-corrected chi connectivity index (χ3v) is 5.60. The molecule has 2 heterocycles. The molecule has 2 unspecified atom stereocenters. The molecule has 1 saturated carbocycles. The van der Waals surface area contributed by atoms with Crippen molar-refractivity contribution in [2.24, 2.45) is 5.92 Å². The van der Waals surface area contributed by atoms with E-state index in [-0.39, 0.29) is 18.0 Å². The van der Waals surface area contributed by atoms with E-state index < -0.39 is 0 Å². The highest BCUT2D eigenvalue weighted by Crippen LogP contribution is 2.37. The Balaban J connectivity index is 1.67. The van der Waals surface area contributed by atoms with Crippen LogP contribution in [0.5, 0.6) is 0 Å². The molecule has 2 aliphatic rings. The van der Waals surface area contributed by atoms with Gasteiger partial charge in [-0.1, -0.05) is 25.3 Å². The van der Waals surface area contributed by atoms with E-state index in [9.17, 15) is 4.79 Å². The van der Waals surface area contributed by atoms with Gasteiger partial charge in [-0.2, -0.15) is 0 Å². The molecule has 2 N–H and O–H groups in total. The lowest BCUT2D eigenvalue weighted by Crippen LogP contribution is -2.48. The van der Waals surface area contributed by atoms with Gasteiger partial charge in [0.15, 0.2) is 0 Å². The van der Waals surface area contributed by atoms with E-state index in [0.717, 1.165) is 19.4 Å². The number of rotatable bonds is 4. The number of amides is 1. The van der Waals surface area contributed by atoms with Gasteiger partial charge in [-0.15, -0.1) is 11.3 Å². The van der Waals surface area contributed by atoms with E-state index in [2.05, 4.69) is 28.1 Å². The summed E-state index contributed by atoms with van der Waals surface area (Å²) in [5.41, 5.74) is 0. The van der Waals surface area contributed by atoms with Gasteiger partial charge in [0.05, 0.1) is 12.1 Å². The third kappa shape index (κ3) is 3.23. The molecule has 1 aliphatic heterocycles. The highest BCUT2D eigenvalue weighted by molar-refractivity contribution is 7.10. The number of thiophene rings is 1. The minimum atomic E-state index is 0.0209. The summed E-state index contributed by atoms with van der Waals surface area (Å²) in [5, 5.41) is 8.80. The van der Waals surface area contributed by atoms with Gasteiger partial charge < -0.3 is 10.6 Å². The first-order chi connectivity index (χ1) is 9.84. The van der Waals surface area contributed by atoms with Crippen LogP contribution in [0.1, 0.15) is 55.9 Å². The summed E-state index contributed by atoms with van der Waals surface area (Å²) in [7, 11) is 0. The number of nitrogens with one attached hydrogen (secondary N) is 2. The summed E-state index contributed by atoms with van der Waals surface area (Å²) in [5.74, 6) is 0.830. The lowest BCUT2D eigenvalue weighted by Gasteiger charge is -2.28. The Bertz CT molecular complexity index is 420. The molecule has 3 rings (SSSR count). The van der Waals surface area contributed by atoms with E-state index in [0.29, 0.717) is 5.92 Å². The third-order valence-electron chi connectivity index (χ3n) is 4.65. The molecule has 1 amide bonds. The van der Waals surface area contributed by atoms with Crippen molar-refractivity contribution in [2.45, 2.75) is 57.0 Å². The molecule has 110 valence electrons. The van der Waals surface area contributed by atoms with Crippen LogP contribution in [0.25, 0.3) is 0 Å². The minimum absolute atomic E-state index is 0.0209. The molecular formula is C16H24N2OS. The van der Waals surface area contributed by atoms with Gasteiger partial charge >= 0.3 is 0 Å². The van der Waals surface area contributed by atoms with Crippen molar-refractivity contribution in [2.75, 3.05) is 6.54 Å². The molecule has 1 aliphatic carbocycles. The topological polar surface area (TPSA) is 41.1 Å². The average Bonchev–Trinajstić information content (AvgIpc) is 3.19. The second-order valence-electron chi connectivity index (χ2n) is 6.05. The van der Waals surface area contributed by atoms with Crippen LogP contribution >= 0.6 is 11.3 Å². The predicted octanol–water partition coefficient (Wildman–Crippen LogP) is 3.24. The van der Waals surface area contributed by atoms with Crippen LogP contribution in [-0.4, -0.2) is 18.5 Å². The standard InChI is InChI=1S/C16H24N2OS/c19-16(13-8-3-4-10-17-13)18-15(12-6-1-2-7-12)14-9-5-11-20-14/h5,9,11-13,15,17H,1-4,6-8,10H2,(H,18,19). The summed E-state index contributed by atoms with van der Waals surface area (Å²) in [4.78, 5) is 13.8. The van der Waals surface area contributed by atoms with Crippen molar-refractivity contribution in [1.29, 1.82) is 0 Å². The molecule has 3 nitrogen and oxygen atoms in total. The fraction of sp³-hybridized carbons (Fsp3) is 0.688. The van der Waals surface area contributed by atoms with Crippen molar-refractivity contribution < 1.29 is 4.79 Å². The highest BCUT2D eigenvalue weighted by Gasteiger charge is 2.30. The smallest absolute Gasteiger partial charge is 0.237 e. The Hall–Kier alpha value is -0.870. The molecule has 0 bridgehead atoms. The summed E-state index contributed by atoms with van der Waals surface area (Å²) >= 11 is 1.77. The van der Waals surface area contributed by atoms with Crippen LogP contribution in [0.15, 0.2) is 17.5 Å². The largest absolute Gasteiger partial charge is 0.347 e. The highest BCUT2D eigenvalue weighted by atomic mass is 32.1. The first kappa shape index (κ1) is 14.1. The van der Waals surface area contributed by atoms with Gasteiger partial charge in [0.1, 0.15) is 0 Å². The maximum Gasteiger partial charge on any atom is 0.237 e. The van der Waals surface area contributed by atoms with E-state index in [1.54, 1.807) is 11.3 Å². The lowest BCUT2D eigenvalue weighted by atomic mass is 9.95. The van der Waals surface area contributed by atoms with Gasteiger partial charge in [0.2, 0.25) is 5.91 Å². The number of hydrogen-bond acceptors (Lipinski definition) is 3. The van der Waals surface area contributed by atoms with Gasteiger partial charge in [-0.25, -0.2) is 0 Å². The van der Waals surface area contributed by atoms with E-state index >= 15 is 0 Å². The molecule has 0 spiro atoms. The molecule has 2 fully saturated rings. The van der Waals surface area contributed by atoms with Gasteiger partial charge in [-0.3, -0.25) is 4.79 Å². The van der Waals surface area contributed by atoms with Crippen LogP contribution in [0.4, 0.5) is 0 Å². The normalized spacial score (nSPS) is 25.5. The number of carbonyl (C=O) groups excluding carboxylic acids is 1. The number of carbonyl (C=O) groups is 1. The second kappa shape index (κ2) is 6.72. The van der Waals surface area contributed by atoms with Crippen molar-refractivity contribution in [3.05, 3.63) is 22.4 Å². The molecule has 1 aromatic rings. The fourth-order valence-corrected chi connectivity index (χ4v) is 4.38. The minimum Gasteiger partial charge on any atom is -0.347 e. The van der Waals surface area contributed by atoms with Crippen molar-refractivity contribution in [1.82, 2.24) is 10.6 Å². The van der Waals surface area contributed by atoms with Crippen LogP contribution in [-0.2, 0) is 4.79 Å². The molecule has 0 aromatic carbocycles. The van der Waals surface area contributed by atoms with Gasteiger partial charge in [0, 0.05) is 4.88 Å². The van der Waals surface area contributed by atoms with Crippen LogP contribution < -0.4 is 10.6 Å². The summed E-state index contributed by atoms with van der Waals surface area (Å²) in [6.45, 7) is 0.977. The zero-order chi connectivity index (χ0) is 13.8.